The van der Waals surface area contributed by atoms with Crippen molar-refractivity contribution in [1.29, 1.82) is 0 Å². The molecule has 1 aliphatic heterocycles. The van der Waals surface area contributed by atoms with E-state index >= 15 is 0 Å². The lowest BCUT2D eigenvalue weighted by molar-refractivity contribution is -0.130. The summed E-state index contributed by atoms with van der Waals surface area (Å²) < 4.78 is 27.6. The number of alkyl halides is 2. The normalized spacial score (nSPS) is 15.6. The minimum absolute atomic E-state index is 0.00151. The van der Waals surface area contributed by atoms with E-state index < -0.39 is 12.5 Å². The van der Waals surface area contributed by atoms with Crippen LogP contribution in [0.2, 0.25) is 0 Å². The number of likely N-dealkylation sites (tertiary alicyclic amines) is 1. The Morgan fingerprint density at radius 3 is 2.50 bits per heavy atom. The number of rotatable bonds is 6. The van der Waals surface area contributed by atoms with Crippen molar-refractivity contribution < 1.29 is 13.6 Å². The van der Waals surface area contributed by atoms with Gasteiger partial charge in [0.05, 0.1) is 6.54 Å². The lowest BCUT2D eigenvalue weighted by Crippen LogP contribution is -2.35. The highest BCUT2D eigenvalue weighted by Gasteiger charge is 2.30. The van der Waals surface area contributed by atoms with Gasteiger partial charge in [0.15, 0.2) is 0 Å². The fourth-order valence-electron chi connectivity index (χ4n) is 2.35. The Morgan fingerprint density at radius 1 is 1.20 bits per heavy atom. The zero-order chi connectivity index (χ0) is 14.4. The van der Waals surface area contributed by atoms with Gasteiger partial charge in [0.2, 0.25) is 5.91 Å². The number of nitrogens with zero attached hydrogens (tertiary/aromatic N) is 1. The number of hydrogen-bond donors (Lipinski definition) is 1. The zero-order valence-corrected chi connectivity index (χ0v) is 11.4. The molecule has 0 saturated carbocycles. The van der Waals surface area contributed by atoms with E-state index in [9.17, 15) is 13.6 Å². The molecule has 5 heteroatoms. The Kier molecular flexibility index (Phi) is 5.06. The molecule has 1 fully saturated rings. The largest absolute Gasteiger partial charge is 0.343 e. The van der Waals surface area contributed by atoms with Crippen molar-refractivity contribution in [2.45, 2.75) is 25.2 Å². The highest BCUT2D eigenvalue weighted by molar-refractivity contribution is 5.76. The molecule has 0 unspecified atom stereocenters. The number of nitrogens with one attached hydrogen (secondary N) is 1. The average Bonchev–Trinajstić information content (AvgIpc) is 2.98. The molecule has 0 radical (unpaired) electrons. The predicted octanol–water partition coefficient (Wildman–Crippen LogP) is 2.38. The van der Waals surface area contributed by atoms with Gasteiger partial charge in [-0.25, -0.2) is 0 Å². The molecule has 1 heterocycles. The first kappa shape index (κ1) is 14.9. The van der Waals surface area contributed by atoms with Crippen molar-refractivity contribution in [2.24, 2.45) is 0 Å². The molecule has 110 valence electrons. The van der Waals surface area contributed by atoms with Gasteiger partial charge in [-0.05, 0) is 12.8 Å². The molecule has 20 heavy (non-hydrogen) atoms. The third kappa shape index (κ3) is 4.00. The highest BCUT2D eigenvalue weighted by Crippen LogP contribution is 2.26. The van der Waals surface area contributed by atoms with Crippen LogP contribution in [-0.4, -0.2) is 37.0 Å². The average molecular weight is 282 g/mol. The number of hydrogen-bond acceptors (Lipinski definition) is 2. The van der Waals surface area contributed by atoms with Gasteiger partial charge in [-0.1, -0.05) is 30.3 Å². The summed E-state index contributed by atoms with van der Waals surface area (Å²) in [5.74, 6) is -2.85. The molecular formula is C15H20F2N2O. The van der Waals surface area contributed by atoms with E-state index in [2.05, 4.69) is 5.32 Å². The summed E-state index contributed by atoms with van der Waals surface area (Å²) in [5.41, 5.74) is -0.00151. The molecule has 2 rings (SSSR count). The molecule has 1 aliphatic rings. The van der Waals surface area contributed by atoms with E-state index in [-0.39, 0.29) is 24.4 Å². The first-order valence-corrected chi connectivity index (χ1v) is 7.01. The number of benzene rings is 1. The maximum atomic E-state index is 13.8. The molecule has 0 spiro atoms. The summed E-state index contributed by atoms with van der Waals surface area (Å²) in [7, 11) is 0. The summed E-state index contributed by atoms with van der Waals surface area (Å²) in [5, 5.41) is 2.68. The summed E-state index contributed by atoms with van der Waals surface area (Å²) >= 11 is 0. The first-order chi connectivity index (χ1) is 9.59. The number of halogens is 2. The molecule has 0 atom stereocenters. The maximum Gasteiger partial charge on any atom is 0.285 e. The fraction of sp³-hybridized carbons (Fsp3) is 0.533. The number of amides is 1. The SMILES string of the molecule is O=C(CCNCC(F)(F)c1ccccc1)N1CCCC1. The third-order valence-corrected chi connectivity index (χ3v) is 3.52. The van der Waals surface area contributed by atoms with Crippen LogP contribution < -0.4 is 5.32 Å². The fourth-order valence-corrected chi connectivity index (χ4v) is 2.35. The Morgan fingerprint density at radius 2 is 1.85 bits per heavy atom. The van der Waals surface area contributed by atoms with Crippen molar-refractivity contribution in [3.05, 3.63) is 35.9 Å². The van der Waals surface area contributed by atoms with Gasteiger partial charge in [0.25, 0.3) is 5.92 Å². The molecule has 1 aromatic rings. The monoisotopic (exact) mass is 282 g/mol. The van der Waals surface area contributed by atoms with Gasteiger partial charge in [0, 0.05) is 31.6 Å². The topological polar surface area (TPSA) is 32.3 Å². The summed E-state index contributed by atoms with van der Waals surface area (Å²) in [6.07, 6.45) is 2.38. The van der Waals surface area contributed by atoms with Crippen LogP contribution in [0.1, 0.15) is 24.8 Å². The molecule has 1 amide bonds. The van der Waals surface area contributed by atoms with Crippen LogP contribution in [-0.2, 0) is 10.7 Å². The molecule has 1 aromatic carbocycles. The molecular weight excluding hydrogens is 262 g/mol. The van der Waals surface area contributed by atoms with Gasteiger partial charge in [-0.3, -0.25) is 4.79 Å². The zero-order valence-electron chi connectivity index (χ0n) is 11.4. The molecule has 0 bridgehead atoms. The lowest BCUT2D eigenvalue weighted by Gasteiger charge is -2.18. The minimum atomic E-state index is -2.90. The molecule has 1 N–H and O–H groups in total. The lowest BCUT2D eigenvalue weighted by atomic mass is 10.1. The van der Waals surface area contributed by atoms with Gasteiger partial charge in [0.1, 0.15) is 0 Å². The maximum absolute atomic E-state index is 13.8. The Hall–Kier alpha value is -1.49. The van der Waals surface area contributed by atoms with Crippen LogP contribution >= 0.6 is 0 Å². The van der Waals surface area contributed by atoms with Crippen molar-refractivity contribution in [1.82, 2.24) is 10.2 Å². The molecule has 0 aromatic heterocycles. The van der Waals surface area contributed by atoms with E-state index in [0.29, 0.717) is 0 Å². The molecule has 1 saturated heterocycles. The second kappa shape index (κ2) is 6.79. The van der Waals surface area contributed by atoms with Crippen molar-refractivity contribution in [3.8, 4) is 0 Å². The highest BCUT2D eigenvalue weighted by atomic mass is 19.3. The second-order valence-corrected chi connectivity index (χ2v) is 5.09. The van der Waals surface area contributed by atoms with Gasteiger partial charge in [-0.2, -0.15) is 8.78 Å². The quantitative estimate of drug-likeness (QED) is 0.813. The smallest absolute Gasteiger partial charge is 0.285 e. The predicted molar refractivity (Wildman–Crippen MR) is 73.6 cm³/mol. The minimum Gasteiger partial charge on any atom is -0.343 e. The summed E-state index contributed by atoms with van der Waals surface area (Å²) in [6, 6.07) is 7.73. The number of carbonyl (C=O) groups excluding carboxylic acids is 1. The van der Waals surface area contributed by atoms with Crippen LogP contribution in [0.25, 0.3) is 0 Å². The van der Waals surface area contributed by atoms with Crippen LogP contribution in [0.4, 0.5) is 8.78 Å². The van der Waals surface area contributed by atoms with E-state index in [1.54, 1.807) is 23.1 Å². The van der Waals surface area contributed by atoms with Crippen molar-refractivity contribution in [3.63, 3.8) is 0 Å². The van der Waals surface area contributed by atoms with Crippen LogP contribution in [0, 0.1) is 0 Å². The first-order valence-electron chi connectivity index (χ1n) is 7.01. The Balaban J connectivity index is 1.71. The van der Waals surface area contributed by atoms with Crippen molar-refractivity contribution in [2.75, 3.05) is 26.2 Å². The van der Waals surface area contributed by atoms with Crippen LogP contribution in [0.15, 0.2) is 30.3 Å². The van der Waals surface area contributed by atoms with Crippen LogP contribution in [0.3, 0.4) is 0 Å². The summed E-state index contributed by atoms with van der Waals surface area (Å²) in [6.45, 7) is 1.46. The van der Waals surface area contributed by atoms with E-state index in [1.165, 1.54) is 12.1 Å². The van der Waals surface area contributed by atoms with Crippen LogP contribution in [0.5, 0.6) is 0 Å². The van der Waals surface area contributed by atoms with Gasteiger partial charge < -0.3 is 10.2 Å². The standard InChI is InChI=1S/C15H20F2N2O/c16-15(17,13-6-2-1-3-7-13)12-18-9-8-14(20)19-10-4-5-11-19/h1-3,6-7,18H,4-5,8-12H2. The summed E-state index contributed by atoms with van der Waals surface area (Å²) in [4.78, 5) is 13.5. The Labute approximate surface area is 118 Å². The van der Waals surface area contributed by atoms with Crippen molar-refractivity contribution >= 4 is 5.91 Å². The third-order valence-electron chi connectivity index (χ3n) is 3.52. The van der Waals surface area contributed by atoms with Gasteiger partial charge >= 0.3 is 0 Å². The van der Waals surface area contributed by atoms with E-state index in [0.717, 1.165) is 25.9 Å². The van der Waals surface area contributed by atoms with Gasteiger partial charge in [-0.15, -0.1) is 0 Å². The second-order valence-electron chi connectivity index (χ2n) is 5.09. The molecule has 0 aliphatic carbocycles. The van der Waals surface area contributed by atoms with E-state index in [1.807, 2.05) is 0 Å². The Bertz CT molecular complexity index is 431. The molecule has 3 nitrogen and oxygen atoms in total. The van der Waals surface area contributed by atoms with E-state index in [4.69, 9.17) is 0 Å². The number of carbonyl (C=O) groups is 1.